The number of rotatable bonds is 5. The zero-order chi connectivity index (χ0) is 29.4. The van der Waals surface area contributed by atoms with Gasteiger partial charge in [-0.15, -0.1) is 0 Å². The van der Waals surface area contributed by atoms with Crippen LogP contribution in [0.2, 0.25) is 10.0 Å². The molecule has 0 aliphatic carbocycles. The maximum Gasteiger partial charge on any atom is 0.320 e. The number of hydrogen-bond donors (Lipinski definition) is 1. The summed E-state index contributed by atoms with van der Waals surface area (Å²) in [6.45, 7) is 7.14. The molecule has 3 aromatic heterocycles. The molecule has 0 radical (unpaired) electrons. The Morgan fingerprint density at radius 3 is 2.31 bits per heavy atom. The minimum Gasteiger partial charge on any atom is -0.486 e. The van der Waals surface area contributed by atoms with Gasteiger partial charge in [0.25, 0.3) is 0 Å². The van der Waals surface area contributed by atoms with Crippen molar-refractivity contribution in [1.82, 2.24) is 34.9 Å². The van der Waals surface area contributed by atoms with Gasteiger partial charge in [-0.25, -0.2) is 14.2 Å². The van der Waals surface area contributed by atoms with E-state index in [0.29, 0.717) is 58.8 Å². The third kappa shape index (κ3) is 5.68. The number of nitrogens with zero attached hydrogens (tertiary/aromatic N) is 7. The Bertz CT molecular complexity index is 1580. The SMILES string of the molecule is C[C@@H](Oc1ccc2[nH]nc(-c3cnc(N4CCN(C(=O)N5CCN(C)CC5)CC4)c(F)c3)c2c1)c1c(Cl)cncc1Cl. The topological polar surface area (TPSA) is 93.7 Å². The van der Waals surface area contributed by atoms with Crippen LogP contribution in [0, 0.1) is 5.82 Å². The van der Waals surface area contributed by atoms with Crippen LogP contribution >= 0.6 is 23.2 Å². The van der Waals surface area contributed by atoms with Gasteiger partial charge in [-0.2, -0.15) is 5.10 Å². The van der Waals surface area contributed by atoms with Gasteiger partial charge in [-0.1, -0.05) is 23.2 Å². The van der Waals surface area contributed by atoms with Crippen LogP contribution in [0.5, 0.6) is 5.75 Å². The van der Waals surface area contributed by atoms with Gasteiger partial charge in [0.1, 0.15) is 17.5 Å². The number of urea groups is 1. The van der Waals surface area contributed by atoms with Crippen LogP contribution < -0.4 is 9.64 Å². The molecule has 13 heteroatoms. The number of nitrogens with one attached hydrogen (secondary N) is 1. The first-order chi connectivity index (χ1) is 20.3. The standard InChI is InChI=1S/C29H31Cl2FN8O2/c1-18(26-22(30)16-33-17-23(26)31)42-20-3-4-25-21(14-20)27(36-35-25)19-13-24(32)28(34-15-19)38-9-11-40(12-10-38)29(41)39-7-5-37(2)6-8-39/h3-4,13-18H,5-12H2,1-2H3,(H,35,36)/t18-/m1/s1. The van der Waals surface area contributed by atoms with Crippen molar-refractivity contribution >= 4 is 46.0 Å². The number of aromatic nitrogens is 4. The Morgan fingerprint density at radius 2 is 1.64 bits per heavy atom. The maximum absolute atomic E-state index is 15.4. The van der Waals surface area contributed by atoms with Gasteiger partial charge in [0.15, 0.2) is 11.6 Å². The van der Waals surface area contributed by atoms with E-state index < -0.39 is 11.9 Å². The number of amides is 2. The number of fused-ring (bicyclic) bond motifs is 1. The fourth-order valence-corrected chi connectivity index (χ4v) is 6.13. The van der Waals surface area contributed by atoms with Crippen LogP contribution in [0.15, 0.2) is 42.9 Å². The van der Waals surface area contributed by atoms with Crippen LogP contribution in [0.3, 0.4) is 0 Å². The monoisotopic (exact) mass is 612 g/mol. The van der Waals surface area contributed by atoms with Crippen molar-refractivity contribution in [3.05, 3.63) is 64.3 Å². The summed E-state index contributed by atoms with van der Waals surface area (Å²) < 4.78 is 21.6. The number of halogens is 3. The lowest BCUT2D eigenvalue weighted by molar-refractivity contribution is 0.120. The van der Waals surface area contributed by atoms with Gasteiger partial charge >= 0.3 is 6.03 Å². The van der Waals surface area contributed by atoms with Gasteiger partial charge in [-0.3, -0.25) is 10.1 Å². The molecule has 10 nitrogen and oxygen atoms in total. The first kappa shape index (κ1) is 28.4. The van der Waals surface area contributed by atoms with Crippen molar-refractivity contribution in [2.75, 3.05) is 64.3 Å². The number of carbonyl (C=O) groups is 1. The molecule has 0 unspecified atom stereocenters. The highest BCUT2D eigenvalue weighted by Gasteiger charge is 2.28. The molecule has 4 aromatic rings. The van der Waals surface area contributed by atoms with E-state index in [-0.39, 0.29) is 11.8 Å². The van der Waals surface area contributed by atoms with Crippen LogP contribution in [0.25, 0.3) is 22.2 Å². The molecule has 6 rings (SSSR count). The van der Waals surface area contributed by atoms with E-state index >= 15 is 4.39 Å². The second-order valence-corrected chi connectivity index (χ2v) is 11.4. The Kier molecular flexibility index (Phi) is 8.06. The Morgan fingerprint density at radius 1 is 0.976 bits per heavy atom. The molecule has 1 N–H and O–H groups in total. The van der Waals surface area contributed by atoms with Crippen molar-refractivity contribution in [2.24, 2.45) is 0 Å². The zero-order valence-corrected chi connectivity index (χ0v) is 24.9. The fourth-order valence-electron chi connectivity index (χ4n) is 5.46. The molecule has 1 atom stereocenters. The number of hydrogen-bond acceptors (Lipinski definition) is 7. The van der Waals surface area contributed by atoms with Crippen LogP contribution in [-0.4, -0.2) is 100 Å². The number of carbonyl (C=O) groups excluding carboxylic acids is 1. The average molecular weight is 614 g/mol. The van der Waals surface area contributed by atoms with Crippen molar-refractivity contribution in [1.29, 1.82) is 0 Å². The summed E-state index contributed by atoms with van der Waals surface area (Å²) in [5, 5.41) is 9.03. The molecule has 5 heterocycles. The van der Waals surface area contributed by atoms with E-state index in [1.165, 1.54) is 18.5 Å². The Hall–Kier alpha value is -3.67. The van der Waals surface area contributed by atoms with E-state index in [1.807, 2.05) is 39.8 Å². The van der Waals surface area contributed by atoms with Gasteiger partial charge < -0.3 is 24.3 Å². The molecule has 220 valence electrons. The van der Waals surface area contributed by atoms with Crippen molar-refractivity contribution in [3.63, 3.8) is 0 Å². The fraction of sp³-hybridized carbons (Fsp3) is 0.379. The number of likely N-dealkylation sites (N-methyl/N-ethyl adjacent to an activating group) is 1. The van der Waals surface area contributed by atoms with E-state index in [2.05, 4.69) is 32.1 Å². The van der Waals surface area contributed by atoms with Gasteiger partial charge in [0.2, 0.25) is 0 Å². The predicted molar refractivity (Wildman–Crippen MR) is 161 cm³/mol. The lowest BCUT2D eigenvalue weighted by Crippen LogP contribution is -2.56. The van der Waals surface area contributed by atoms with Crippen molar-refractivity contribution < 1.29 is 13.9 Å². The number of benzene rings is 1. The number of H-pyrrole nitrogens is 1. The molecule has 0 bridgehead atoms. The van der Waals surface area contributed by atoms with Gasteiger partial charge in [-0.05, 0) is 38.2 Å². The molecule has 0 spiro atoms. The van der Waals surface area contributed by atoms with Crippen LogP contribution in [0.4, 0.5) is 15.0 Å². The van der Waals surface area contributed by atoms with Crippen LogP contribution in [-0.2, 0) is 0 Å². The molecule has 2 aliphatic rings. The van der Waals surface area contributed by atoms with Crippen molar-refractivity contribution in [2.45, 2.75) is 13.0 Å². The summed E-state index contributed by atoms with van der Waals surface area (Å²) in [6.07, 6.45) is 4.25. The number of anilines is 1. The Labute approximate surface area is 253 Å². The lowest BCUT2D eigenvalue weighted by Gasteiger charge is -2.40. The number of ether oxygens (including phenoxy) is 1. The summed E-state index contributed by atoms with van der Waals surface area (Å²) >= 11 is 12.6. The van der Waals surface area contributed by atoms with E-state index in [1.54, 1.807) is 6.20 Å². The molecule has 0 saturated carbocycles. The predicted octanol–water partition coefficient (Wildman–Crippen LogP) is 5.10. The third-order valence-corrected chi connectivity index (χ3v) is 8.47. The van der Waals surface area contributed by atoms with E-state index in [0.717, 1.165) is 37.1 Å². The molecule has 2 saturated heterocycles. The molecule has 2 amide bonds. The molecular weight excluding hydrogens is 582 g/mol. The lowest BCUT2D eigenvalue weighted by atomic mass is 10.1. The van der Waals surface area contributed by atoms with Gasteiger partial charge in [0, 0.05) is 87.5 Å². The molecule has 2 aliphatic heterocycles. The molecular formula is C29H31Cl2FN8O2. The minimum absolute atomic E-state index is 0.0571. The van der Waals surface area contributed by atoms with E-state index in [9.17, 15) is 4.79 Å². The quantitative estimate of drug-likeness (QED) is 0.335. The number of pyridine rings is 2. The average Bonchev–Trinajstić information content (AvgIpc) is 3.40. The second-order valence-electron chi connectivity index (χ2n) is 10.6. The van der Waals surface area contributed by atoms with Crippen molar-refractivity contribution in [3.8, 4) is 17.0 Å². The third-order valence-electron chi connectivity index (χ3n) is 7.86. The van der Waals surface area contributed by atoms with E-state index in [4.69, 9.17) is 27.9 Å². The maximum atomic E-state index is 15.4. The largest absolute Gasteiger partial charge is 0.486 e. The smallest absolute Gasteiger partial charge is 0.320 e. The summed E-state index contributed by atoms with van der Waals surface area (Å²) in [4.78, 5) is 29.3. The minimum atomic E-state index is -0.439. The highest BCUT2D eigenvalue weighted by molar-refractivity contribution is 6.35. The summed E-state index contributed by atoms with van der Waals surface area (Å²) in [5.74, 6) is 0.412. The summed E-state index contributed by atoms with van der Waals surface area (Å²) in [5.41, 5.74) is 2.52. The number of piperazine rings is 2. The van der Waals surface area contributed by atoms with Gasteiger partial charge in [0.05, 0.1) is 15.6 Å². The molecule has 2 fully saturated rings. The first-order valence-corrected chi connectivity index (χ1v) is 14.6. The first-order valence-electron chi connectivity index (χ1n) is 13.9. The number of aromatic amines is 1. The normalized spacial score (nSPS) is 17.1. The highest BCUT2D eigenvalue weighted by atomic mass is 35.5. The highest BCUT2D eigenvalue weighted by Crippen LogP contribution is 2.35. The Balaban J connectivity index is 1.15. The summed E-state index contributed by atoms with van der Waals surface area (Å²) in [6, 6.07) is 7.02. The second kappa shape index (κ2) is 11.9. The van der Waals surface area contributed by atoms with Crippen LogP contribution in [0.1, 0.15) is 18.6 Å². The molecule has 42 heavy (non-hydrogen) atoms. The molecule has 1 aromatic carbocycles. The zero-order valence-electron chi connectivity index (χ0n) is 23.4. The summed E-state index contributed by atoms with van der Waals surface area (Å²) in [7, 11) is 2.06.